The molecule has 0 atom stereocenters. The summed E-state index contributed by atoms with van der Waals surface area (Å²) in [5.41, 5.74) is 2.14. The molecular weight excluding hydrogens is 274 g/mol. The molecule has 0 bridgehead atoms. The van der Waals surface area contributed by atoms with Gasteiger partial charge in [0.05, 0.1) is 5.69 Å². The van der Waals surface area contributed by atoms with Crippen LogP contribution < -0.4 is 9.80 Å². The summed E-state index contributed by atoms with van der Waals surface area (Å²) in [4.78, 5) is 21.2. The van der Waals surface area contributed by atoms with E-state index in [9.17, 15) is 4.79 Å². The van der Waals surface area contributed by atoms with E-state index in [2.05, 4.69) is 28.9 Å². The van der Waals surface area contributed by atoms with Crippen molar-refractivity contribution in [1.82, 2.24) is 4.98 Å². The van der Waals surface area contributed by atoms with E-state index in [0.717, 1.165) is 37.6 Å². The van der Waals surface area contributed by atoms with Crippen LogP contribution in [0.15, 0.2) is 48.7 Å². The van der Waals surface area contributed by atoms with E-state index in [1.807, 2.05) is 35.2 Å². The average Bonchev–Trinajstić information content (AvgIpc) is 2.59. The molecule has 0 saturated carbocycles. The highest BCUT2D eigenvalue weighted by atomic mass is 16.2. The maximum Gasteiger partial charge on any atom is 0.227 e. The first-order chi connectivity index (χ1) is 10.8. The first-order valence-corrected chi connectivity index (χ1v) is 7.84. The molecule has 4 heteroatoms. The van der Waals surface area contributed by atoms with Crippen LogP contribution in [-0.4, -0.2) is 30.5 Å². The van der Waals surface area contributed by atoms with Crippen LogP contribution in [0, 0.1) is 0 Å². The fourth-order valence-corrected chi connectivity index (χ4v) is 2.89. The van der Waals surface area contributed by atoms with Gasteiger partial charge < -0.3 is 9.80 Å². The van der Waals surface area contributed by atoms with Gasteiger partial charge in [-0.1, -0.05) is 30.3 Å². The summed E-state index contributed by atoms with van der Waals surface area (Å²) in [7, 11) is 0. The maximum atomic E-state index is 12.6. The Morgan fingerprint density at radius 3 is 2.73 bits per heavy atom. The zero-order valence-corrected chi connectivity index (χ0v) is 12.9. The van der Waals surface area contributed by atoms with Crippen LogP contribution >= 0.6 is 0 Å². The van der Waals surface area contributed by atoms with Gasteiger partial charge >= 0.3 is 0 Å². The number of carbonyl (C=O) groups excluding carboxylic acids is 1. The molecule has 0 spiro atoms. The number of nitrogens with zero attached hydrogens (tertiary/aromatic N) is 3. The van der Waals surface area contributed by atoms with Crippen molar-refractivity contribution in [3.8, 4) is 0 Å². The highest BCUT2D eigenvalue weighted by molar-refractivity contribution is 5.97. The highest BCUT2D eigenvalue weighted by Crippen LogP contribution is 2.30. The van der Waals surface area contributed by atoms with E-state index in [1.165, 1.54) is 5.56 Å². The first kappa shape index (κ1) is 14.6. The fraction of sp³-hybridized carbons (Fsp3) is 0.333. The van der Waals surface area contributed by atoms with Crippen LogP contribution in [0.2, 0.25) is 0 Å². The molecule has 114 valence electrons. The number of carbonyl (C=O) groups is 1. The Balaban J connectivity index is 1.73. The lowest BCUT2D eigenvalue weighted by Gasteiger charge is -2.36. The van der Waals surface area contributed by atoms with Crippen LogP contribution in [0.1, 0.15) is 18.9 Å². The summed E-state index contributed by atoms with van der Waals surface area (Å²) in [5.74, 6) is 1.10. The Kier molecular flexibility index (Phi) is 4.37. The van der Waals surface area contributed by atoms with Gasteiger partial charge in [-0.2, -0.15) is 0 Å². The number of anilines is 2. The van der Waals surface area contributed by atoms with Crippen molar-refractivity contribution in [2.24, 2.45) is 0 Å². The molecule has 0 radical (unpaired) electrons. The molecule has 4 nitrogen and oxygen atoms in total. The second kappa shape index (κ2) is 6.60. The number of aromatic nitrogens is 1. The summed E-state index contributed by atoms with van der Waals surface area (Å²) in [5, 5.41) is 0. The Morgan fingerprint density at radius 2 is 1.95 bits per heavy atom. The van der Waals surface area contributed by atoms with E-state index in [1.54, 1.807) is 6.20 Å². The normalized spacial score (nSPS) is 13.9. The number of fused-ring (bicyclic) bond motifs is 1. The van der Waals surface area contributed by atoms with Crippen LogP contribution in [0.5, 0.6) is 0 Å². The molecule has 0 N–H and O–H groups in total. The molecule has 1 aliphatic heterocycles. The minimum absolute atomic E-state index is 0.175. The monoisotopic (exact) mass is 295 g/mol. The number of pyridine rings is 1. The lowest BCUT2D eigenvalue weighted by Crippen LogP contribution is -2.44. The van der Waals surface area contributed by atoms with E-state index < -0.39 is 0 Å². The van der Waals surface area contributed by atoms with Crippen LogP contribution in [0.3, 0.4) is 0 Å². The van der Waals surface area contributed by atoms with Gasteiger partial charge in [-0.15, -0.1) is 0 Å². The van der Waals surface area contributed by atoms with Crippen LogP contribution in [-0.2, 0) is 11.2 Å². The van der Waals surface area contributed by atoms with Crippen molar-refractivity contribution < 1.29 is 4.79 Å². The smallest absolute Gasteiger partial charge is 0.227 e. The summed E-state index contributed by atoms with van der Waals surface area (Å²) < 4.78 is 0. The van der Waals surface area contributed by atoms with Crippen LogP contribution in [0.4, 0.5) is 11.5 Å². The van der Waals surface area contributed by atoms with Crippen molar-refractivity contribution >= 4 is 17.4 Å². The van der Waals surface area contributed by atoms with E-state index in [4.69, 9.17) is 0 Å². The van der Waals surface area contributed by atoms with Crippen molar-refractivity contribution in [2.45, 2.75) is 19.8 Å². The second-order valence-electron chi connectivity index (χ2n) is 5.46. The van der Waals surface area contributed by atoms with Gasteiger partial charge in [0.25, 0.3) is 0 Å². The Labute approximate surface area is 131 Å². The van der Waals surface area contributed by atoms with E-state index in [0.29, 0.717) is 6.42 Å². The zero-order valence-electron chi connectivity index (χ0n) is 12.9. The highest BCUT2D eigenvalue weighted by Gasteiger charge is 2.26. The van der Waals surface area contributed by atoms with Crippen LogP contribution in [0.25, 0.3) is 0 Å². The maximum absolute atomic E-state index is 12.6. The van der Waals surface area contributed by atoms with Gasteiger partial charge in [0, 0.05) is 32.3 Å². The Hall–Kier alpha value is -2.36. The van der Waals surface area contributed by atoms with Crippen molar-refractivity contribution in [2.75, 3.05) is 29.4 Å². The SMILES string of the molecule is CCN1CCN(C(=O)CCc2ccccc2)c2cccnc21. The quantitative estimate of drug-likeness (QED) is 0.870. The zero-order chi connectivity index (χ0) is 15.4. The molecule has 0 unspecified atom stereocenters. The van der Waals surface area contributed by atoms with Crippen molar-refractivity contribution in [3.05, 3.63) is 54.2 Å². The van der Waals surface area contributed by atoms with Gasteiger partial charge in [0.2, 0.25) is 5.91 Å². The third-order valence-electron chi connectivity index (χ3n) is 4.10. The topological polar surface area (TPSA) is 36.4 Å². The Bertz CT molecular complexity index is 642. The molecule has 2 heterocycles. The molecule has 1 aromatic carbocycles. The van der Waals surface area contributed by atoms with Gasteiger partial charge in [0.1, 0.15) is 0 Å². The molecule has 0 saturated heterocycles. The lowest BCUT2D eigenvalue weighted by molar-refractivity contribution is -0.118. The average molecular weight is 295 g/mol. The Morgan fingerprint density at radius 1 is 1.14 bits per heavy atom. The predicted octanol–water partition coefficient (Wildman–Crippen LogP) is 2.89. The molecule has 2 aromatic rings. The third-order valence-corrected chi connectivity index (χ3v) is 4.10. The minimum atomic E-state index is 0.175. The molecule has 1 aliphatic rings. The van der Waals surface area contributed by atoms with Gasteiger partial charge in [-0.3, -0.25) is 4.79 Å². The minimum Gasteiger partial charge on any atom is -0.353 e. The summed E-state index contributed by atoms with van der Waals surface area (Å²) in [6, 6.07) is 14.0. The van der Waals surface area contributed by atoms with Crippen molar-refractivity contribution in [1.29, 1.82) is 0 Å². The number of aryl methyl sites for hydroxylation is 1. The summed E-state index contributed by atoms with van der Waals surface area (Å²) in [6.07, 6.45) is 3.10. The van der Waals surface area contributed by atoms with Gasteiger partial charge in [-0.25, -0.2) is 4.98 Å². The van der Waals surface area contributed by atoms with E-state index >= 15 is 0 Å². The number of rotatable bonds is 4. The second-order valence-corrected chi connectivity index (χ2v) is 5.46. The summed E-state index contributed by atoms with van der Waals surface area (Å²) in [6.45, 7) is 4.61. The van der Waals surface area contributed by atoms with Crippen molar-refractivity contribution in [3.63, 3.8) is 0 Å². The standard InChI is InChI=1S/C18H21N3O/c1-2-20-13-14-21(16-9-6-12-19-18(16)20)17(22)11-10-15-7-4-3-5-8-15/h3-9,12H,2,10-11,13-14H2,1H3. The summed E-state index contributed by atoms with van der Waals surface area (Å²) >= 11 is 0. The third kappa shape index (κ3) is 2.96. The number of hydrogen-bond acceptors (Lipinski definition) is 3. The number of likely N-dealkylation sites (N-methyl/N-ethyl adjacent to an activating group) is 1. The number of hydrogen-bond donors (Lipinski definition) is 0. The predicted molar refractivity (Wildman–Crippen MR) is 89.2 cm³/mol. The molecule has 22 heavy (non-hydrogen) atoms. The van der Waals surface area contributed by atoms with Gasteiger partial charge in [-0.05, 0) is 31.0 Å². The molecule has 1 aromatic heterocycles. The van der Waals surface area contributed by atoms with Gasteiger partial charge in [0.15, 0.2) is 5.82 Å². The lowest BCUT2D eigenvalue weighted by atomic mass is 10.1. The number of benzene rings is 1. The number of amides is 1. The van der Waals surface area contributed by atoms with E-state index in [-0.39, 0.29) is 5.91 Å². The molecule has 0 aliphatic carbocycles. The first-order valence-electron chi connectivity index (χ1n) is 7.84. The largest absolute Gasteiger partial charge is 0.353 e. The fourth-order valence-electron chi connectivity index (χ4n) is 2.89. The molecular formula is C18H21N3O. The molecule has 1 amide bonds. The molecule has 0 fully saturated rings. The molecule has 3 rings (SSSR count).